The molecule has 0 saturated heterocycles. The molecular weight excluding hydrogens is 684 g/mol. The Morgan fingerprint density at radius 2 is 1.35 bits per heavy atom. The van der Waals surface area contributed by atoms with Gasteiger partial charge in [0.25, 0.3) is 0 Å². The summed E-state index contributed by atoms with van der Waals surface area (Å²) >= 11 is 6.38. The first-order chi connectivity index (χ1) is 23.8. The van der Waals surface area contributed by atoms with Gasteiger partial charge in [-0.25, -0.2) is 24.2 Å². The first-order valence-corrected chi connectivity index (χ1v) is 16.0. The van der Waals surface area contributed by atoms with Gasteiger partial charge in [-0.15, -0.1) is 0 Å². The lowest BCUT2D eigenvalue weighted by Crippen LogP contribution is -2.47. The molecule has 0 spiro atoms. The Morgan fingerprint density at radius 3 is 1.84 bits per heavy atom. The fourth-order valence-corrected chi connectivity index (χ4v) is 4.44. The molecule has 3 amide bonds. The van der Waals surface area contributed by atoms with Crippen molar-refractivity contribution in [2.75, 3.05) is 7.11 Å². The zero-order valence-electron chi connectivity index (χ0n) is 29.3. The van der Waals surface area contributed by atoms with Crippen molar-refractivity contribution in [3.63, 3.8) is 0 Å². The molecule has 0 fully saturated rings. The summed E-state index contributed by atoms with van der Waals surface area (Å²) in [5.74, 6) is -2.03. The van der Waals surface area contributed by atoms with Gasteiger partial charge in [-0.05, 0) is 101 Å². The van der Waals surface area contributed by atoms with E-state index in [0.717, 1.165) is 0 Å². The van der Waals surface area contributed by atoms with Gasteiger partial charge in [-0.3, -0.25) is 15.4 Å². The monoisotopic (exact) mass is 724 g/mol. The molecule has 15 heteroatoms. The van der Waals surface area contributed by atoms with Crippen LogP contribution in [0.25, 0.3) is 0 Å². The number of guanidine groups is 1. The van der Waals surface area contributed by atoms with E-state index in [1.165, 1.54) is 49.6 Å². The van der Waals surface area contributed by atoms with Gasteiger partial charge in [-0.2, -0.15) is 0 Å². The second kappa shape index (κ2) is 17.3. The highest BCUT2D eigenvalue weighted by Gasteiger charge is 2.23. The van der Waals surface area contributed by atoms with Gasteiger partial charge in [0.15, 0.2) is 0 Å². The van der Waals surface area contributed by atoms with E-state index in [9.17, 15) is 29.1 Å². The number of rotatable bonds is 10. The minimum atomic E-state index is -1.19. The van der Waals surface area contributed by atoms with Crippen LogP contribution in [0, 0.1) is 0 Å². The van der Waals surface area contributed by atoms with E-state index < -0.39 is 47.3 Å². The van der Waals surface area contributed by atoms with Crippen molar-refractivity contribution in [2.24, 2.45) is 4.99 Å². The van der Waals surface area contributed by atoms with Crippen molar-refractivity contribution < 1.29 is 48.0 Å². The standard InChI is InChI=1S/C36H41ClN4O10/c1-35(2,3)50-33(46)40-32(41-34(47)51-36(4,5)6)38-24-13-10-22(11-14-24)31(45)49-26-17-12-23(27(37)20-26)19-29(42)39-28(30(43)44)18-21-8-15-25(48-7)16-9-21/h8-17,20,28H,18-19H2,1-7H3,(H,39,42)(H,43,44)(H2,38,40,41,46,47)/t28-/m0/s1. The highest BCUT2D eigenvalue weighted by molar-refractivity contribution is 6.31. The quantitative estimate of drug-likeness (QED) is 0.0840. The number of carbonyl (C=O) groups excluding carboxylic acids is 4. The number of carbonyl (C=O) groups is 5. The minimum absolute atomic E-state index is 0.0636. The van der Waals surface area contributed by atoms with Crippen molar-refractivity contribution in [1.29, 1.82) is 0 Å². The third kappa shape index (κ3) is 14.0. The average molecular weight is 725 g/mol. The number of halogens is 1. The van der Waals surface area contributed by atoms with Gasteiger partial charge < -0.3 is 29.4 Å². The van der Waals surface area contributed by atoms with Crippen LogP contribution in [-0.2, 0) is 31.9 Å². The van der Waals surface area contributed by atoms with Crippen molar-refractivity contribution >= 4 is 53.3 Å². The van der Waals surface area contributed by atoms with Crippen LogP contribution >= 0.6 is 11.6 Å². The molecule has 3 aromatic rings. The van der Waals surface area contributed by atoms with Gasteiger partial charge in [0.05, 0.1) is 24.8 Å². The Bertz CT molecular complexity index is 1730. The SMILES string of the molecule is COc1ccc(C[C@H](NC(=O)Cc2ccc(OC(=O)c3ccc(N=C(NC(=O)OC(C)(C)C)NC(=O)OC(C)(C)C)cc3)cc2Cl)C(=O)O)cc1. The number of nitrogens with zero attached hydrogens (tertiary/aromatic N) is 1. The van der Waals surface area contributed by atoms with E-state index in [0.29, 0.717) is 16.9 Å². The predicted molar refractivity (Wildman–Crippen MR) is 189 cm³/mol. The number of hydrogen-bond donors (Lipinski definition) is 4. The maximum absolute atomic E-state index is 12.9. The number of carboxylic acids is 1. The van der Waals surface area contributed by atoms with Crippen LogP contribution in [-0.4, -0.2) is 65.5 Å². The van der Waals surface area contributed by atoms with Crippen molar-refractivity contribution in [1.82, 2.24) is 16.0 Å². The molecule has 0 heterocycles. The summed E-state index contributed by atoms with van der Waals surface area (Å²) in [4.78, 5) is 66.4. The highest BCUT2D eigenvalue weighted by atomic mass is 35.5. The number of alkyl carbamates (subject to hydrolysis) is 2. The number of methoxy groups -OCH3 is 1. The molecule has 3 rings (SSSR count). The number of carboxylic acid groups (broad SMARTS) is 1. The molecule has 0 bridgehead atoms. The first-order valence-electron chi connectivity index (χ1n) is 15.6. The number of amides is 3. The van der Waals surface area contributed by atoms with Gasteiger partial charge in [-0.1, -0.05) is 29.8 Å². The molecule has 4 N–H and O–H groups in total. The van der Waals surface area contributed by atoms with E-state index in [4.69, 9.17) is 30.5 Å². The van der Waals surface area contributed by atoms with Crippen LogP contribution in [0.5, 0.6) is 11.5 Å². The largest absolute Gasteiger partial charge is 0.497 e. The number of esters is 1. The van der Waals surface area contributed by atoms with E-state index in [2.05, 4.69) is 20.9 Å². The molecule has 0 aliphatic heterocycles. The fraction of sp³-hybridized carbons (Fsp3) is 0.333. The van der Waals surface area contributed by atoms with Crippen LogP contribution in [0.2, 0.25) is 5.02 Å². The van der Waals surface area contributed by atoms with Gasteiger partial charge >= 0.3 is 24.1 Å². The Balaban J connectivity index is 1.65. The maximum Gasteiger partial charge on any atom is 0.414 e. The molecule has 0 saturated carbocycles. The minimum Gasteiger partial charge on any atom is -0.497 e. The summed E-state index contributed by atoms with van der Waals surface area (Å²) in [7, 11) is 1.52. The lowest BCUT2D eigenvalue weighted by atomic mass is 10.0. The Hall–Kier alpha value is -5.63. The third-order valence-corrected chi connectivity index (χ3v) is 6.75. The highest BCUT2D eigenvalue weighted by Crippen LogP contribution is 2.25. The molecule has 0 aliphatic carbocycles. The summed E-state index contributed by atoms with van der Waals surface area (Å²) in [6, 6.07) is 15.7. The number of ether oxygens (including phenoxy) is 4. The summed E-state index contributed by atoms with van der Waals surface area (Å²) in [6.45, 7) is 10.1. The summed E-state index contributed by atoms with van der Waals surface area (Å²) < 4.78 is 21.0. The number of nitrogens with one attached hydrogen (secondary N) is 3. The molecule has 14 nitrogen and oxygen atoms in total. The molecular formula is C36H41ClN4O10. The van der Waals surface area contributed by atoms with Crippen molar-refractivity contribution in [2.45, 2.75) is 71.6 Å². The third-order valence-electron chi connectivity index (χ3n) is 6.40. The molecule has 0 radical (unpaired) electrons. The topological polar surface area (TPSA) is 191 Å². The lowest BCUT2D eigenvalue weighted by molar-refractivity contribution is -0.141. The van der Waals surface area contributed by atoms with E-state index in [-0.39, 0.29) is 40.8 Å². The number of aliphatic carboxylic acids is 1. The Morgan fingerprint density at radius 1 is 0.804 bits per heavy atom. The van der Waals surface area contributed by atoms with E-state index in [1.54, 1.807) is 65.8 Å². The summed E-state index contributed by atoms with van der Waals surface area (Å²) in [5, 5.41) is 17.0. The molecule has 0 aliphatic rings. The Labute approximate surface area is 300 Å². The van der Waals surface area contributed by atoms with Crippen LogP contribution in [0.3, 0.4) is 0 Å². The fourth-order valence-electron chi connectivity index (χ4n) is 4.21. The second-order valence-corrected chi connectivity index (χ2v) is 13.5. The van der Waals surface area contributed by atoms with Crippen LogP contribution in [0.15, 0.2) is 71.7 Å². The van der Waals surface area contributed by atoms with Gasteiger partial charge in [0.1, 0.15) is 28.7 Å². The van der Waals surface area contributed by atoms with E-state index in [1.807, 2.05) is 0 Å². The molecule has 0 unspecified atom stereocenters. The normalized spacial score (nSPS) is 11.7. The molecule has 0 aromatic heterocycles. The van der Waals surface area contributed by atoms with Crippen molar-refractivity contribution in [3.8, 4) is 11.5 Å². The van der Waals surface area contributed by atoms with Gasteiger partial charge in [0.2, 0.25) is 11.9 Å². The smallest absolute Gasteiger partial charge is 0.414 e. The van der Waals surface area contributed by atoms with Crippen LogP contribution in [0.1, 0.15) is 63.0 Å². The molecule has 3 aromatic carbocycles. The number of hydrogen-bond acceptors (Lipinski definition) is 10. The molecule has 51 heavy (non-hydrogen) atoms. The molecule has 272 valence electrons. The zero-order valence-corrected chi connectivity index (χ0v) is 30.0. The number of aliphatic imine (C=N–C) groups is 1. The predicted octanol–water partition coefficient (Wildman–Crippen LogP) is 5.96. The summed E-state index contributed by atoms with van der Waals surface area (Å²) in [6.07, 6.45) is -1.88. The summed E-state index contributed by atoms with van der Waals surface area (Å²) in [5.41, 5.74) is -0.134. The maximum atomic E-state index is 12.9. The van der Waals surface area contributed by atoms with Gasteiger partial charge in [0, 0.05) is 11.4 Å². The lowest BCUT2D eigenvalue weighted by Gasteiger charge is -2.22. The average Bonchev–Trinajstić information content (AvgIpc) is 3.00. The first kappa shape index (κ1) is 39.8. The second-order valence-electron chi connectivity index (χ2n) is 13.1. The van der Waals surface area contributed by atoms with Crippen LogP contribution in [0.4, 0.5) is 15.3 Å². The number of benzene rings is 3. The zero-order chi connectivity index (χ0) is 37.9. The van der Waals surface area contributed by atoms with Crippen LogP contribution < -0.4 is 25.4 Å². The van der Waals surface area contributed by atoms with E-state index >= 15 is 0 Å². The van der Waals surface area contributed by atoms with Crippen molar-refractivity contribution in [3.05, 3.63) is 88.4 Å². The molecule has 1 atom stereocenters. The Kier molecular flexibility index (Phi) is 13.5.